The third-order valence-electron chi connectivity index (χ3n) is 4.78. The van der Waals surface area contributed by atoms with Gasteiger partial charge in [0.25, 0.3) is 5.69 Å². The molecule has 1 fully saturated rings. The maximum absolute atomic E-state index is 12.9. The van der Waals surface area contributed by atoms with Gasteiger partial charge in [-0.15, -0.1) is 0 Å². The fourth-order valence-electron chi connectivity index (χ4n) is 3.18. The Hall–Kier alpha value is -2.66. The first-order chi connectivity index (χ1) is 13.5. The Bertz CT molecular complexity index is 1030. The fourth-order valence-corrected chi connectivity index (χ4v) is 4.85. The minimum absolute atomic E-state index is 0.0563. The molecule has 0 bridgehead atoms. The van der Waals surface area contributed by atoms with Gasteiger partial charge in [-0.1, -0.05) is 12.1 Å². The maximum Gasteiger partial charge on any atom is 0.416 e. The Balaban J connectivity index is 1.79. The van der Waals surface area contributed by atoms with E-state index in [1.807, 2.05) is 0 Å². The molecule has 0 aromatic heterocycles. The predicted octanol–water partition coefficient (Wildman–Crippen LogP) is 3.43. The number of non-ortho nitro benzene ring substituents is 1. The van der Waals surface area contributed by atoms with Crippen LogP contribution in [-0.4, -0.2) is 43.8 Å². The molecule has 1 heterocycles. The number of nitro groups is 1. The minimum atomic E-state index is -4.46. The lowest BCUT2D eigenvalue weighted by molar-refractivity contribution is -0.385. The molecular weight excluding hydrogens is 411 g/mol. The summed E-state index contributed by atoms with van der Waals surface area (Å²) in [5, 5.41) is 11.0. The molecule has 7 nitrogen and oxygen atoms in total. The van der Waals surface area contributed by atoms with Crippen LogP contribution < -0.4 is 4.90 Å². The molecule has 0 radical (unpaired) electrons. The van der Waals surface area contributed by atoms with Gasteiger partial charge in [-0.25, -0.2) is 8.42 Å². The lowest BCUT2D eigenvalue weighted by atomic mass is 10.1. The van der Waals surface area contributed by atoms with Crippen molar-refractivity contribution in [2.45, 2.75) is 18.0 Å². The Morgan fingerprint density at radius 3 is 2.28 bits per heavy atom. The van der Waals surface area contributed by atoms with Crippen molar-refractivity contribution >= 4 is 21.4 Å². The quantitative estimate of drug-likeness (QED) is 0.549. The maximum atomic E-state index is 12.9. The van der Waals surface area contributed by atoms with E-state index < -0.39 is 26.7 Å². The van der Waals surface area contributed by atoms with Gasteiger partial charge in [-0.3, -0.25) is 10.1 Å². The number of hydrogen-bond donors (Lipinski definition) is 0. The molecule has 0 N–H and O–H groups in total. The Morgan fingerprint density at radius 2 is 1.69 bits per heavy atom. The van der Waals surface area contributed by atoms with Crippen molar-refractivity contribution in [3.63, 3.8) is 0 Å². The van der Waals surface area contributed by atoms with E-state index in [2.05, 4.69) is 0 Å². The monoisotopic (exact) mass is 429 g/mol. The zero-order valence-electron chi connectivity index (χ0n) is 15.4. The average Bonchev–Trinajstić information content (AvgIpc) is 2.67. The highest BCUT2D eigenvalue weighted by Crippen LogP contribution is 2.32. The van der Waals surface area contributed by atoms with E-state index >= 15 is 0 Å². The first kappa shape index (κ1) is 21.1. The van der Waals surface area contributed by atoms with Crippen molar-refractivity contribution in [2.75, 3.05) is 31.1 Å². The highest BCUT2D eigenvalue weighted by Gasteiger charge is 2.33. The summed E-state index contributed by atoms with van der Waals surface area (Å²) in [4.78, 5) is 11.9. The van der Waals surface area contributed by atoms with Crippen LogP contribution in [0.3, 0.4) is 0 Å². The lowest BCUT2D eigenvalue weighted by Gasteiger charge is -2.35. The van der Waals surface area contributed by atoms with Crippen LogP contribution in [0.4, 0.5) is 24.5 Å². The van der Waals surface area contributed by atoms with Gasteiger partial charge >= 0.3 is 6.18 Å². The van der Waals surface area contributed by atoms with E-state index in [1.165, 1.54) is 22.5 Å². The number of sulfonamides is 1. The van der Waals surface area contributed by atoms with Gasteiger partial charge in [0.15, 0.2) is 0 Å². The van der Waals surface area contributed by atoms with E-state index in [1.54, 1.807) is 17.9 Å². The number of piperazine rings is 1. The number of nitrogens with zero attached hydrogens (tertiary/aromatic N) is 3. The van der Waals surface area contributed by atoms with Crippen molar-refractivity contribution in [3.8, 4) is 0 Å². The molecule has 2 aromatic carbocycles. The molecule has 11 heteroatoms. The second-order valence-corrected chi connectivity index (χ2v) is 8.55. The summed E-state index contributed by atoms with van der Waals surface area (Å²) in [6.45, 7) is 2.07. The van der Waals surface area contributed by atoms with Gasteiger partial charge in [0.1, 0.15) is 0 Å². The number of halogens is 3. The number of hydrogen-bond acceptors (Lipinski definition) is 5. The van der Waals surface area contributed by atoms with E-state index in [4.69, 9.17) is 0 Å². The van der Waals surface area contributed by atoms with Crippen molar-refractivity contribution in [1.29, 1.82) is 0 Å². The smallest absolute Gasteiger partial charge is 0.369 e. The van der Waals surface area contributed by atoms with E-state index in [-0.39, 0.29) is 36.8 Å². The number of rotatable bonds is 4. The van der Waals surface area contributed by atoms with Crippen molar-refractivity contribution in [3.05, 3.63) is 63.7 Å². The van der Waals surface area contributed by atoms with Crippen LogP contribution in [0.1, 0.15) is 11.1 Å². The normalized spacial score (nSPS) is 16.1. The average molecular weight is 429 g/mol. The Kier molecular flexibility index (Phi) is 5.54. The standard InChI is InChI=1S/C18H18F3N3O4S/c1-13-5-6-16(24(25)26)12-17(13)29(27,28)23-9-7-22(8-10-23)15-4-2-3-14(11-15)18(19,20)21/h2-6,11-12H,7-10H2,1H3. The summed E-state index contributed by atoms with van der Waals surface area (Å²) in [6.07, 6.45) is -4.46. The second kappa shape index (κ2) is 7.64. The summed E-state index contributed by atoms with van der Waals surface area (Å²) in [5.74, 6) is 0. The molecule has 0 saturated carbocycles. The first-order valence-corrected chi connectivity index (χ1v) is 10.1. The van der Waals surface area contributed by atoms with Crippen molar-refractivity contribution in [1.82, 2.24) is 4.31 Å². The van der Waals surface area contributed by atoms with Crippen LogP contribution in [0.25, 0.3) is 0 Å². The summed E-state index contributed by atoms with van der Waals surface area (Å²) >= 11 is 0. The highest BCUT2D eigenvalue weighted by atomic mass is 32.2. The van der Waals surface area contributed by atoms with Crippen LogP contribution in [0.2, 0.25) is 0 Å². The largest absolute Gasteiger partial charge is 0.416 e. The molecule has 29 heavy (non-hydrogen) atoms. The SMILES string of the molecule is Cc1ccc([N+](=O)[O-])cc1S(=O)(=O)N1CCN(c2cccc(C(F)(F)F)c2)CC1. The van der Waals surface area contributed by atoms with Crippen molar-refractivity contribution < 1.29 is 26.5 Å². The van der Waals surface area contributed by atoms with Crippen LogP contribution in [0.5, 0.6) is 0 Å². The zero-order valence-corrected chi connectivity index (χ0v) is 16.2. The molecule has 1 aliphatic heterocycles. The number of aryl methyl sites for hydroxylation is 1. The second-order valence-electron chi connectivity index (χ2n) is 6.65. The molecule has 156 valence electrons. The first-order valence-electron chi connectivity index (χ1n) is 8.67. The van der Waals surface area contributed by atoms with Crippen LogP contribution >= 0.6 is 0 Å². The highest BCUT2D eigenvalue weighted by molar-refractivity contribution is 7.89. The van der Waals surface area contributed by atoms with Gasteiger partial charge in [0, 0.05) is 44.0 Å². The summed E-state index contributed by atoms with van der Waals surface area (Å²) in [7, 11) is -3.96. The molecule has 2 aromatic rings. The Labute approximate surface area is 165 Å². The number of alkyl halides is 3. The van der Waals surface area contributed by atoms with Crippen molar-refractivity contribution in [2.24, 2.45) is 0 Å². The van der Waals surface area contributed by atoms with Gasteiger partial charge in [-0.05, 0) is 30.7 Å². The van der Waals surface area contributed by atoms with Gasteiger partial charge in [0.2, 0.25) is 10.0 Å². The van der Waals surface area contributed by atoms with E-state index in [0.29, 0.717) is 11.3 Å². The molecule has 1 saturated heterocycles. The summed E-state index contributed by atoms with van der Waals surface area (Å²) < 4.78 is 65.8. The number of nitro benzene ring substituents is 1. The predicted molar refractivity (Wildman–Crippen MR) is 100 cm³/mol. The minimum Gasteiger partial charge on any atom is -0.369 e. The van der Waals surface area contributed by atoms with Gasteiger partial charge in [0.05, 0.1) is 15.4 Å². The number of benzene rings is 2. The van der Waals surface area contributed by atoms with E-state index in [9.17, 15) is 31.7 Å². The van der Waals surface area contributed by atoms with Crippen LogP contribution in [0, 0.1) is 17.0 Å². The molecule has 0 amide bonds. The molecule has 1 aliphatic rings. The van der Waals surface area contributed by atoms with Gasteiger partial charge < -0.3 is 4.90 Å². The summed E-state index contributed by atoms with van der Waals surface area (Å²) in [6, 6.07) is 8.52. The molecule has 0 unspecified atom stereocenters. The lowest BCUT2D eigenvalue weighted by Crippen LogP contribution is -2.48. The van der Waals surface area contributed by atoms with Crippen LogP contribution in [-0.2, 0) is 16.2 Å². The molecule has 0 spiro atoms. The molecule has 3 rings (SSSR count). The Morgan fingerprint density at radius 1 is 1.03 bits per heavy atom. The molecule has 0 atom stereocenters. The van der Waals surface area contributed by atoms with Gasteiger partial charge in [-0.2, -0.15) is 17.5 Å². The topological polar surface area (TPSA) is 83.8 Å². The summed E-state index contributed by atoms with van der Waals surface area (Å²) in [5.41, 5.74) is -0.339. The van der Waals surface area contributed by atoms with Crippen LogP contribution in [0.15, 0.2) is 47.4 Å². The molecule has 0 aliphatic carbocycles. The fraction of sp³-hybridized carbons (Fsp3) is 0.333. The third-order valence-corrected chi connectivity index (χ3v) is 6.82. The van der Waals surface area contributed by atoms with E-state index in [0.717, 1.165) is 18.2 Å². The zero-order chi connectivity index (χ0) is 21.4. The third kappa shape index (κ3) is 4.35. The number of anilines is 1. The molecular formula is C18H18F3N3O4S.